The molecule has 0 saturated heterocycles. The van der Waals surface area contributed by atoms with Gasteiger partial charge in [0.15, 0.2) is 5.96 Å². The summed E-state index contributed by atoms with van der Waals surface area (Å²) in [6.07, 6.45) is 2.51. The average Bonchev–Trinajstić information content (AvgIpc) is 2.70. The van der Waals surface area contributed by atoms with Gasteiger partial charge in [-0.25, -0.2) is 4.98 Å². The number of aliphatic imine (C=N–C) groups is 1. The molecule has 0 aliphatic heterocycles. The van der Waals surface area contributed by atoms with Crippen molar-refractivity contribution in [1.29, 1.82) is 0 Å². The molecule has 0 fully saturated rings. The number of guanidine groups is 1. The molecule has 1 heterocycles. The third-order valence-corrected chi connectivity index (χ3v) is 3.98. The van der Waals surface area contributed by atoms with E-state index in [0.717, 1.165) is 17.5 Å². The molecule has 7 nitrogen and oxygen atoms in total. The van der Waals surface area contributed by atoms with Crippen LogP contribution in [0.5, 0.6) is 5.88 Å². The van der Waals surface area contributed by atoms with E-state index in [0.29, 0.717) is 30.5 Å². The van der Waals surface area contributed by atoms with Gasteiger partial charge in [-0.05, 0) is 35.7 Å². The van der Waals surface area contributed by atoms with Crippen molar-refractivity contribution in [3.05, 3.63) is 59.3 Å². The number of benzene rings is 1. The fourth-order valence-electron chi connectivity index (χ4n) is 2.52. The van der Waals surface area contributed by atoms with Gasteiger partial charge in [-0.15, -0.1) is 0 Å². The summed E-state index contributed by atoms with van der Waals surface area (Å²) in [7, 11) is 6.84. The van der Waals surface area contributed by atoms with Crippen LogP contribution in [0.25, 0.3) is 0 Å². The smallest absolute Gasteiger partial charge is 0.253 e. The number of ether oxygens (including phenoxy) is 1. The first-order valence-electron chi connectivity index (χ1n) is 8.77. The Kier molecular flexibility index (Phi) is 7.61. The van der Waals surface area contributed by atoms with Gasteiger partial charge in [0.05, 0.1) is 7.11 Å². The zero-order valence-corrected chi connectivity index (χ0v) is 16.3. The lowest BCUT2D eigenvalue weighted by atomic mass is 10.1. The summed E-state index contributed by atoms with van der Waals surface area (Å²) in [5.41, 5.74) is 2.86. The molecule has 1 aromatic heterocycles. The normalized spacial score (nSPS) is 11.0. The molecule has 144 valence electrons. The van der Waals surface area contributed by atoms with Gasteiger partial charge in [0.25, 0.3) is 5.91 Å². The van der Waals surface area contributed by atoms with Gasteiger partial charge in [0, 0.05) is 52.1 Å². The largest absolute Gasteiger partial charge is 0.481 e. The monoisotopic (exact) mass is 369 g/mol. The van der Waals surface area contributed by atoms with Crippen LogP contribution in [0.4, 0.5) is 0 Å². The van der Waals surface area contributed by atoms with Crippen molar-refractivity contribution in [2.45, 2.75) is 13.0 Å². The van der Waals surface area contributed by atoms with Crippen LogP contribution < -0.4 is 15.4 Å². The van der Waals surface area contributed by atoms with Crippen molar-refractivity contribution in [2.24, 2.45) is 4.99 Å². The van der Waals surface area contributed by atoms with Crippen LogP contribution in [0, 0.1) is 0 Å². The van der Waals surface area contributed by atoms with Crippen molar-refractivity contribution >= 4 is 11.9 Å². The maximum atomic E-state index is 12.1. The minimum atomic E-state index is 0.00932. The first-order chi connectivity index (χ1) is 13.0. The minimum absolute atomic E-state index is 0.00932. The van der Waals surface area contributed by atoms with Crippen molar-refractivity contribution < 1.29 is 9.53 Å². The summed E-state index contributed by atoms with van der Waals surface area (Å²) < 4.78 is 5.13. The predicted molar refractivity (Wildman–Crippen MR) is 107 cm³/mol. The molecule has 1 aromatic carbocycles. The van der Waals surface area contributed by atoms with Crippen LogP contribution in [0.2, 0.25) is 0 Å². The quantitative estimate of drug-likeness (QED) is 0.574. The second-order valence-corrected chi connectivity index (χ2v) is 6.21. The number of nitrogens with one attached hydrogen (secondary N) is 2. The van der Waals surface area contributed by atoms with E-state index in [1.54, 1.807) is 39.3 Å². The molecule has 0 saturated carbocycles. The summed E-state index contributed by atoms with van der Waals surface area (Å²) >= 11 is 0. The minimum Gasteiger partial charge on any atom is -0.481 e. The van der Waals surface area contributed by atoms with Gasteiger partial charge in [-0.1, -0.05) is 12.1 Å². The van der Waals surface area contributed by atoms with Crippen molar-refractivity contribution in [3.63, 3.8) is 0 Å². The molecule has 0 unspecified atom stereocenters. The van der Waals surface area contributed by atoms with Gasteiger partial charge >= 0.3 is 0 Å². The second kappa shape index (κ2) is 10.2. The topological polar surface area (TPSA) is 78.9 Å². The number of rotatable bonds is 7. The maximum Gasteiger partial charge on any atom is 0.253 e. The van der Waals surface area contributed by atoms with E-state index in [9.17, 15) is 4.79 Å². The number of hydrogen-bond acceptors (Lipinski definition) is 4. The molecular formula is C20H27N5O2. The standard InChI is InChI=1S/C20H27N5O2/c1-21-20(24-14-16-9-10-22-18(13-16)27-4)23-11-8-15-6-5-7-17(12-15)19(26)25(2)3/h5-7,9-10,12-13H,8,11,14H2,1-4H3,(H2,21,23,24). The summed E-state index contributed by atoms with van der Waals surface area (Å²) in [6, 6.07) is 11.5. The number of carbonyl (C=O) groups excluding carboxylic acids is 1. The highest BCUT2D eigenvalue weighted by atomic mass is 16.5. The van der Waals surface area contributed by atoms with Crippen molar-refractivity contribution in [1.82, 2.24) is 20.5 Å². The summed E-state index contributed by atoms with van der Waals surface area (Å²) in [4.78, 5) is 22.0. The van der Waals surface area contributed by atoms with Crippen LogP contribution in [0.15, 0.2) is 47.6 Å². The van der Waals surface area contributed by atoms with Crippen LogP contribution >= 0.6 is 0 Å². The fourth-order valence-corrected chi connectivity index (χ4v) is 2.52. The fraction of sp³-hybridized carbons (Fsp3) is 0.350. The lowest BCUT2D eigenvalue weighted by Crippen LogP contribution is -2.37. The van der Waals surface area contributed by atoms with Crippen LogP contribution in [0.3, 0.4) is 0 Å². The number of aromatic nitrogens is 1. The Morgan fingerprint density at radius 1 is 1.19 bits per heavy atom. The highest BCUT2D eigenvalue weighted by molar-refractivity contribution is 5.94. The third kappa shape index (κ3) is 6.29. The molecule has 0 atom stereocenters. The van der Waals surface area contributed by atoms with E-state index in [1.165, 1.54) is 0 Å². The number of methoxy groups -OCH3 is 1. The Morgan fingerprint density at radius 3 is 2.70 bits per heavy atom. The van der Waals surface area contributed by atoms with Gasteiger partial charge in [-0.3, -0.25) is 9.79 Å². The second-order valence-electron chi connectivity index (χ2n) is 6.21. The highest BCUT2D eigenvalue weighted by Gasteiger charge is 2.08. The van der Waals surface area contributed by atoms with E-state index >= 15 is 0 Å². The predicted octanol–water partition coefficient (Wildman–Crippen LogP) is 1.70. The zero-order valence-electron chi connectivity index (χ0n) is 16.3. The Balaban J connectivity index is 1.84. The lowest BCUT2D eigenvalue weighted by molar-refractivity contribution is 0.0827. The van der Waals surface area contributed by atoms with Crippen LogP contribution in [-0.4, -0.2) is 56.5 Å². The van der Waals surface area contributed by atoms with E-state index in [2.05, 4.69) is 20.6 Å². The maximum absolute atomic E-state index is 12.1. The lowest BCUT2D eigenvalue weighted by Gasteiger charge is -2.13. The van der Waals surface area contributed by atoms with Gasteiger partial charge in [0.2, 0.25) is 5.88 Å². The summed E-state index contributed by atoms with van der Waals surface area (Å²) in [6.45, 7) is 1.32. The zero-order chi connectivity index (χ0) is 19.6. The van der Waals surface area contributed by atoms with Crippen LogP contribution in [-0.2, 0) is 13.0 Å². The molecule has 1 amide bonds. The molecule has 0 spiro atoms. The van der Waals surface area contributed by atoms with Crippen LogP contribution in [0.1, 0.15) is 21.5 Å². The Labute approximate surface area is 160 Å². The van der Waals surface area contributed by atoms with E-state index in [4.69, 9.17) is 4.74 Å². The Hall–Kier alpha value is -3.09. The molecular weight excluding hydrogens is 342 g/mol. The molecule has 7 heteroatoms. The van der Waals surface area contributed by atoms with E-state index in [-0.39, 0.29) is 5.91 Å². The first-order valence-corrected chi connectivity index (χ1v) is 8.77. The first kappa shape index (κ1) is 20.2. The van der Waals surface area contributed by atoms with Gasteiger partial charge in [-0.2, -0.15) is 0 Å². The Bertz CT molecular complexity index is 789. The number of hydrogen-bond donors (Lipinski definition) is 2. The van der Waals surface area contributed by atoms with E-state index in [1.807, 2.05) is 36.4 Å². The molecule has 2 N–H and O–H groups in total. The van der Waals surface area contributed by atoms with E-state index < -0.39 is 0 Å². The molecule has 0 bridgehead atoms. The van der Waals surface area contributed by atoms with Gasteiger partial charge in [0.1, 0.15) is 0 Å². The molecule has 27 heavy (non-hydrogen) atoms. The van der Waals surface area contributed by atoms with Crippen molar-refractivity contribution in [3.8, 4) is 5.88 Å². The number of pyridine rings is 1. The number of carbonyl (C=O) groups is 1. The Morgan fingerprint density at radius 2 is 2.00 bits per heavy atom. The molecule has 0 aliphatic rings. The molecule has 0 radical (unpaired) electrons. The molecule has 2 aromatic rings. The summed E-state index contributed by atoms with van der Waals surface area (Å²) in [5, 5.41) is 6.55. The average molecular weight is 369 g/mol. The van der Waals surface area contributed by atoms with Crippen molar-refractivity contribution in [2.75, 3.05) is 34.8 Å². The number of nitrogens with zero attached hydrogens (tertiary/aromatic N) is 3. The molecule has 2 rings (SSSR count). The van der Waals surface area contributed by atoms with Gasteiger partial charge < -0.3 is 20.3 Å². The SMILES string of the molecule is CN=C(NCCc1cccc(C(=O)N(C)C)c1)NCc1ccnc(OC)c1. The summed E-state index contributed by atoms with van der Waals surface area (Å²) in [5.74, 6) is 1.31. The third-order valence-electron chi connectivity index (χ3n) is 3.98. The highest BCUT2D eigenvalue weighted by Crippen LogP contribution is 2.09. The number of amides is 1. The molecule has 0 aliphatic carbocycles.